The number of aromatic nitrogens is 2. The summed E-state index contributed by atoms with van der Waals surface area (Å²) in [5.74, 6) is 1.37. The Kier molecular flexibility index (Phi) is 4.75. The van der Waals surface area contributed by atoms with Crippen LogP contribution in [0.1, 0.15) is 24.7 Å². The minimum absolute atomic E-state index is 0.112. The van der Waals surface area contributed by atoms with E-state index in [1.165, 1.54) is 0 Å². The van der Waals surface area contributed by atoms with Gasteiger partial charge in [-0.25, -0.2) is 9.97 Å². The minimum Gasteiger partial charge on any atom is -0.360 e. The van der Waals surface area contributed by atoms with Crippen LogP contribution in [0.5, 0.6) is 0 Å². The maximum Gasteiger partial charge on any atom is 0.243 e. The molecule has 1 atom stereocenters. The molecule has 132 valence electrons. The van der Waals surface area contributed by atoms with E-state index in [-0.39, 0.29) is 18.5 Å². The molecular weight excluding hydrogens is 326 g/mol. The van der Waals surface area contributed by atoms with Crippen LogP contribution in [0.4, 0.5) is 11.5 Å². The van der Waals surface area contributed by atoms with Crippen LogP contribution in [0.15, 0.2) is 54.6 Å². The van der Waals surface area contributed by atoms with Gasteiger partial charge in [0.15, 0.2) is 0 Å². The molecule has 1 aliphatic rings. The molecule has 6 heteroatoms. The summed E-state index contributed by atoms with van der Waals surface area (Å²) in [5.41, 5.74) is 1.67. The maximum absolute atomic E-state index is 12.2. The Morgan fingerprint density at radius 2 is 1.88 bits per heavy atom. The predicted octanol–water partition coefficient (Wildman–Crippen LogP) is 3.10. The number of amides is 1. The lowest BCUT2D eigenvalue weighted by Crippen LogP contribution is -2.23. The van der Waals surface area contributed by atoms with Crippen LogP contribution in [0.25, 0.3) is 10.9 Å². The van der Waals surface area contributed by atoms with Gasteiger partial charge < -0.3 is 16.0 Å². The minimum atomic E-state index is -0.112. The second-order valence-corrected chi connectivity index (χ2v) is 6.36. The first kappa shape index (κ1) is 16.5. The van der Waals surface area contributed by atoms with E-state index >= 15 is 0 Å². The fraction of sp³-hybridized carbons (Fsp3) is 0.250. The van der Waals surface area contributed by atoms with E-state index in [4.69, 9.17) is 9.97 Å². The van der Waals surface area contributed by atoms with Crippen LogP contribution < -0.4 is 16.0 Å². The van der Waals surface area contributed by atoms with Crippen molar-refractivity contribution in [3.8, 4) is 0 Å². The van der Waals surface area contributed by atoms with Gasteiger partial charge in [-0.2, -0.15) is 0 Å². The number of anilines is 2. The molecule has 0 spiro atoms. The summed E-state index contributed by atoms with van der Waals surface area (Å²) < 4.78 is 0. The Hall–Kier alpha value is -2.99. The first-order chi connectivity index (χ1) is 12.8. The second kappa shape index (κ2) is 7.49. The maximum atomic E-state index is 12.2. The smallest absolute Gasteiger partial charge is 0.243 e. The Morgan fingerprint density at radius 3 is 2.69 bits per heavy atom. The third-order valence-corrected chi connectivity index (χ3v) is 4.47. The zero-order valence-corrected chi connectivity index (χ0v) is 14.4. The van der Waals surface area contributed by atoms with Crippen molar-refractivity contribution < 1.29 is 4.79 Å². The molecule has 2 aromatic carbocycles. The topological polar surface area (TPSA) is 78.9 Å². The highest BCUT2D eigenvalue weighted by atomic mass is 16.1. The van der Waals surface area contributed by atoms with E-state index in [9.17, 15) is 4.79 Å². The van der Waals surface area contributed by atoms with Gasteiger partial charge in [-0.1, -0.05) is 30.3 Å². The van der Waals surface area contributed by atoms with Gasteiger partial charge in [-0.3, -0.25) is 4.79 Å². The van der Waals surface area contributed by atoms with Gasteiger partial charge in [0.1, 0.15) is 11.6 Å². The van der Waals surface area contributed by atoms with E-state index in [1.54, 1.807) is 0 Å². The lowest BCUT2D eigenvalue weighted by molar-refractivity contribution is -0.114. The Morgan fingerprint density at radius 1 is 1.08 bits per heavy atom. The monoisotopic (exact) mass is 347 g/mol. The normalized spacial score (nSPS) is 16.5. The van der Waals surface area contributed by atoms with Crippen LogP contribution in [-0.4, -0.2) is 29.0 Å². The lowest BCUT2D eigenvalue weighted by Gasteiger charge is -2.14. The molecule has 3 aromatic rings. The number of rotatable bonds is 5. The van der Waals surface area contributed by atoms with E-state index < -0.39 is 0 Å². The van der Waals surface area contributed by atoms with E-state index in [1.807, 2.05) is 54.6 Å². The summed E-state index contributed by atoms with van der Waals surface area (Å²) in [5, 5.41) is 10.4. The highest BCUT2D eigenvalue weighted by Gasteiger charge is 2.20. The zero-order chi connectivity index (χ0) is 17.8. The highest BCUT2D eigenvalue weighted by Crippen LogP contribution is 2.26. The Bertz CT molecular complexity index is 906. The average Bonchev–Trinajstić information content (AvgIpc) is 3.21. The number of benzene rings is 2. The fourth-order valence-electron chi connectivity index (χ4n) is 3.18. The number of carbonyl (C=O) groups excluding carboxylic acids is 1. The fourth-order valence-corrected chi connectivity index (χ4v) is 3.18. The number of para-hydroxylation sites is 2. The van der Waals surface area contributed by atoms with Crippen LogP contribution >= 0.6 is 0 Å². The van der Waals surface area contributed by atoms with E-state index in [0.717, 1.165) is 41.8 Å². The molecule has 0 aliphatic carbocycles. The molecule has 1 unspecified atom stereocenters. The third kappa shape index (κ3) is 3.65. The standard InChI is InChI=1S/C20H21N5O/c26-18(23-14-7-2-1-3-8-14)13-22-19-15-9-4-5-10-16(15)24-20(25-19)17-11-6-12-21-17/h1-5,7-10,17,21H,6,11-13H2,(H,23,26)(H,22,24,25). The summed E-state index contributed by atoms with van der Waals surface area (Å²) in [6, 6.07) is 17.5. The summed E-state index contributed by atoms with van der Waals surface area (Å²) in [6.45, 7) is 1.14. The van der Waals surface area contributed by atoms with Crippen molar-refractivity contribution in [1.82, 2.24) is 15.3 Å². The number of nitrogens with one attached hydrogen (secondary N) is 3. The van der Waals surface area contributed by atoms with Crippen molar-refractivity contribution in [2.45, 2.75) is 18.9 Å². The van der Waals surface area contributed by atoms with E-state index in [0.29, 0.717) is 5.82 Å². The molecule has 6 nitrogen and oxygen atoms in total. The number of fused-ring (bicyclic) bond motifs is 1. The first-order valence-electron chi connectivity index (χ1n) is 8.88. The molecule has 1 fully saturated rings. The molecule has 2 heterocycles. The van der Waals surface area contributed by atoms with E-state index in [2.05, 4.69) is 16.0 Å². The average molecular weight is 347 g/mol. The molecule has 1 saturated heterocycles. The molecule has 0 saturated carbocycles. The first-order valence-corrected chi connectivity index (χ1v) is 8.88. The van der Waals surface area contributed by atoms with Crippen molar-refractivity contribution in [2.75, 3.05) is 23.7 Å². The van der Waals surface area contributed by atoms with Crippen LogP contribution in [0, 0.1) is 0 Å². The van der Waals surface area contributed by atoms with Gasteiger partial charge in [0.25, 0.3) is 0 Å². The Labute approximate surface area is 152 Å². The number of hydrogen-bond acceptors (Lipinski definition) is 5. The molecule has 4 rings (SSSR count). The van der Waals surface area contributed by atoms with Crippen molar-refractivity contribution in [1.29, 1.82) is 0 Å². The largest absolute Gasteiger partial charge is 0.360 e. The van der Waals surface area contributed by atoms with Gasteiger partial charge in [0, 0.05) is 11.1 Å². The molecule has 0 bridgehead atoms. The lowest BCUT2D eigenvalue weighted by atomic mass is 10.2. The highest BCUT2D eigenvalue weighted by molar-refractivity contribution is 5.95. The molecule has 3 N–H and O–H groups in total. The van der Waals surface area contributed by atoms with Crippen molar-refractivity contribution in [3.63, 3.8) is 0 Å². The van der Waals surface area contributed by atoms with Gasteiger partial charge in [-0.15, -0.1) is 0 Å². The van der Waals surface area contributed by atoms with Crippen molar-refractivity contribution in [3.05, 3.63) is 60.4 Å². The summed E-state index contributed by atoms with van der Waals surface area (Å²) in [6.07, 6.45) is 2.16. The quantitative estimate of drug-likeness (QED) is 0.661. The molecule has 1 aliphatic heterocycles. The summed E-state index contributed by atoms with van der Waals surface area (Å²) in [4.78, 5) is 21.6. The van der Waals surface area contributed by atoms with Crippen LogP contribution in [0.2, 0.25) is 0 Å². The van der Waals surface area contributed by atoms with Gasteiger partial charge >= 0.3 is 0 Å². The zero-order valence-electron chi connectivity index (χ0n) is 14.4. The number of carbonyl (C=O) groups is 1. The SMILES string of the molecule is O=C(CNc1nc(C2CCCN2)nc2ccccc12)Nc1ccccc1. The van der Waals surface area contributed by atoms with Crippen molar-refractivity contribution >= 4 is 28.3 Å². The predicted molar refractivity (Wildman–Crippen MR) is 103 cm³/mol. The van der Waals surface area contributed by atoms with Crippen molar-refractivity contribution in [2.24, 2.45) is 0 Å². The van der Waals surface area contributed by atoms with Crippen LogP contribution in [-0.2, 0) is 4.79 Å². The van der Waals surface area contributed by atoms with Crippen LogP contribution in [0.3, 0.4) is 0 Å². The van der Waals surface area contributed by atoms with Gasteiger partial charge in [0.2, 0.25) is 5.91 Å². The third-order valence-electron chi connectivity index (χ3n) is 4.47. The number of nitrogens with zero attached hydrogens (tertiary/aromatic N) is 2. The Balaban J connectivity index is 1.53. The molecule has 0 radical (unpaired) electrons. The van der Waals surface area contributed by atoms with Gasteiger partial charge in [-0.05, 0) is 43.7 Å². The molecule has 1 amide bonds. The molecular formula is C20H21N5O. The number of hydrogen-bond donors (Lipinski definition) is 3. The van der Waals surface area contributed by atoms with Gasteiger partial charge in [0.05, 0.1) is 18.1 Å². The second-order valence-electron chi connectivity index (χ2n) is 6.36. The summed E-state index contributed by atoms with van der Waals surface area (Å²) >= 11 is 0. The molecule has 1 aromatic heterocycles. The molecule has 26 heavy (non-hydrogen) atoms. The summed E-state index contributed by atoms with van der Waals surface area (Å²) in [7, 11) is 0.